The molecule has 0 bridgehead atoms. The number of benzene rings is 1. The molecule has 0 saturated heterocycles. The highest BCUT2D eigenvalue weighted by molar-refractivity contribution is 7.99. The summed E-state index contributed by atoms with van der Waals surface area (Å²) in [6.45, 7) is 0. The molecule has 0 amide bonds. The van der Waals surface area contributed by atoms with Gasteiger partial charge >= 0.3 is 5.97 Å². The molecule has 2 rings (SSSR count). The van der Waals surface area contributed by atoms with Crippen molar-refractivity contribution in [3.63, 3.8) is 0 Å². The normalized spacial score (nSPS) is 14.7. The summed E-state index contributed by atoms with van der Waals surface area (Å²) in [5.41, 5.74) is 1.70. The van der Waals surface area contributed by atoms with Crippen LogP contribution in [-0.4, -0.2) is 16.8 Å². The summed E-state index contributed by atoms with van der Waals surface area (Å²) in [7, 11) is 0. The second kappa shape index (κ2) is 5.42. The van der Waals surface area contributed by atoms with Crippen molar-refractivity contribution in [1.29, 1.82) is 0 Å². The Morgan fingerprint density at radius 1 is 1.33 bits per heavy atom. The largest absolute Gasteiger partial charge is 0.478 e. The molecule has 1 heterocycles. The smallest absolute Gasteiger partial charge is 0.335 e. The van der Waals surface area contributed by atoms with Crippen molar-refractivity contribution in [1.82, 2.24) is 0 Å². The number of halogens is 1. The lowest BCUT2D eigenvalue weighted by atomic mass is 10.1. The molecule has 4 heteroatoms. The summed E-state index contributed by atoms with van der Waals surface area (Å²) in [5, 5.41) is 8.85. The van der Waals surface area contributed by atoms with Gasteiger partial charge in [-0.25, -0.2) is 4.79 Å². The first-order valence-corrected chi connectivity index (χ1v) is 5.75. The third-order valence-electron chi connectivity index (χ3n) is 2.41. The van der Waals surface area contributed by atoms with Gasteiger partial charge in [0.1, 0.15) is 0 Å². The monoisotopic (exact) mass is 244 g/mol. The van der Waals surface area contributed by atoms with Gasteiger partial charge in [0, 0.05) is 4.90 Å². The van der Waals surface area contributed by atoms with Crippen LogP contribution in [0.3, 0.4) is 0 Å². The molecule has 0 aliphatic carbocycles. The van der Waals surface area contributed by atoms with Crippen molar-refractivity contribution < 1.29 is 9.90 Å². The number of thioether (sulfide) groups is 1. The molecule has 0 spiro atoms. The van der Waals surface area contributed by atoms with Gasteiger partial charge in [-0.3, -0.25) is 0 Å². The molecule has 1 N–H and O–H groups in total. The molecule has 2 nitrogen and oxygen atoms in total. The molecule has 82 valence electrons. The first-order chi connectivity index (χ1) is 6.77. The molecular formula is C11H13ClO2S. The Kier molecular flexibility index (Phi) is 4.48. The zero-order valence-corrected chi connectivity index (χ0v) is 9.87. The van der Waals surface area contributed by atoms with Crippen molar-refractivity contribution in [2.24, 2.45) is 0 Å². The SMILES string of the molecule is Cl.O=C(O)c1ccc2c(c1)SCCCC2. The highest BCUT2D eigenvalue weighted by Crippen LogP contribution is 2.29. The minimum Gasteiger partial charge on any atom is -0.478 e. The maximum atomic E-state index is 10.8. The molecular weight excluding hydrogens is 232 g/mol. The predicted molar refractivity (Wildman–Crippen MR) is 64.3 cm³/mol. The van der Waals surface area contributed by atoms with Crippen LogP contribution in [0.25, 0.3) is 0 Å². The molecule has 1 aromatic carbocycles. The Balaban J connectivity index is 0.00000112. The standard InChI is InChI=1S/C11H12O2S.ClH/c12-11(13)9-5-4-8-3-1-2-6-14-10(8)7-9;/h4-5,7H,1-3,6H2,(H,12,13);1H. The summed E-state index contributed by atoms with van der Waals surface area (Å²) in [6.07, 6.45) is 3.52. The van der Waals surface area contributed by atoms with E-state index in [4.69, 9.17) is 5.11 Å². The minimum absolute atomic E-state index is 0. The van der Waals surface area contributed by atoms with Gasteiger partial charge in [-0.2, -0.15) is 0 Å². The summed E-state index contributed by atoms with van der Waals surface area (Å²) in [6, 6.07) is 5.46. The number of carboxylic acids is 1. The van der Waals surface area contributed by atoms with Crippen molar-refractivity contribution in [3.05, 3.63) is 29.3 Å². The van der Waals surface area contributed by atoms with Gasteiger partial charge in [0.05, 0.1) is 5.56 Å². The Hall–Kier alpha value is -0.670. The van der Waals surface area contributed by atoms with E-state index in [0.717, 1.165) is 17.1 Å². The van der Waals surface area contributed by atoms with E-state index in [-0.39, 0.29) is 12.4 Å². The Morgan fingerprint density at radius 2 is 2.13 bits per heavy atom. The lowest BCUT2D eigenvalue weighted by Gasteiger charge is -2.05. The molecule has 1 aliphatic heterocycles. The topological polar surface area (TPSA) is 37.3 Å². The third kappa shape index (κ3) is 2.89. The fraction of sp³-hybridized carbons (Fsp3) is 0.364. The van der Waals surface area contributed by atoms with Gasteiger partial charge in [-0.1, -0.05) is 6.07 Å². The highest BCUT2D eigenvalue weighted by atomic mass is 35.5. The number of carboxylic acid groups (broad SMARTS) is 1. The van der Waals surface area contributed by atoms with E-state index in [1.54, 1.807) is 23.9 Å². The molecule has 0 fully saturated rings. The number of carbonyl (C=O) groups is 1. The molecule has 0 unspecified atom stereocenters. The second-order valence-electron chi connectivity index (χ2n) is 3.43. The van der Waals surface area contributed by atoms with Gasteiger partial charge in [0.25, 0.3) is 0 Å². The zero-order chi connectivity index (χ0) is 9.97. The van der Waals surface area contributed by atoms with Crippen LogP contribution in [0.5, 0.6) is 0 Å². The van der Waals surface area contributed by atoms with Gasteiger partial charge in [0.2, 0.25) is 0 Å². The Bertz CT molecular complexity index is 366. The Labute approximate surface area is 99.5 Å². The Morgan fingerprint density at radius 3 is 2.87 bits per heavy atom. The van der Waals surface area contributed by atoms with Gasteiger partial charge < -0.3 is 5.11 Å². The van der Waals surface area contributed by atoms with Crippen LogP contribution < -0.4 is 0 Å². The molecule has 1 aliphatic rings. The van der Waals surface area contributed by atoms with Crippen molar-refractivity contribution in [2.45, 2.75) is 24.2 Å². The summed E-state index contributed by atoms with van der Waals surface area (Å²) in [5.74, 6) is 0.272. The second-order valence-corrected chi connectivity index (χ2v) is 4.57. The van der Waals surface area contributed by atoms with Crippen LogP contribution in [0.15, 0.2) is 23.1 Å². The van der Waals surface area contributed by atoms with Gasteiger partial charge in [-0.05, 0) is 42.7 Å². The molecule has 15 heavy (non-hydrogen) atoms. The molecule has 0 aromatic heterocycles. The van der Waals surface area contributed by atoms with E-state index in [0.29, 0.717) is 5.56 Å². The van der Waals surface area contributed by atoms with Crippen LogP contribution in [-0.2, 0) is 6.42 Å². The minimum atomic E-state index is -0.836. The maximum absolute atomic E-state index is 10.8. The molecule has 0 saturated carbocycles. The predicted octanol–water partition coefficient (Wildman–Crippen LogP) is 3.24. The first kappa shape index (κ1) is 12.4. The van der Waals surface area contributed by atoms with Crippen LogP contribution in [0.4, 0.5) is 0 Å². The fourth-order valence-corrected chi connectivity index (χ4v) is 2.76. The van der Waals surface area contributed by atoms with Crippen LogP contribution in [0, 0.1) is 0 Å². The van der Waals surface area contributed by atoms with Gasteiger partial charge in [0.15, 0.2) is 0 Å². The number of rotatable bonds is 1. The average Bonchev–Trinajstić information content (AvgIpc) is 2.41. The summed E-state index contributed by atoms with van der Waals surface area (Å²) >= 11 is 1.78. The number of fused-ring (bicyclic) bond motifs is 1. The quantitative estimate of drug-likeness (QED) is 0.824. The molecule has 0 radical (unpaired) electrons. The maximum Gasteiger partial charge on any atom is 0.335 e. The van der Waals surface area contributed by atoms with Crippen molar-refractivity contribution >= 4 is 30.1 Å². The van der Waals surface area contributed by atoms with E-state index in [1.165, 1.54) is 18.4 Å². The lowest BCUT2D eigenvalue weighted by molar-refractivity contribution is 0.0696. The first-order valence-electron chi connectivity index (χ1n) is 4.76. The summed E-state index contributed by atoms with van der Waals surface area (Å²) < 4.78 is 0. The van der Waals surface area contributed by atoms with E-state index in [9.17, 15) is 4.79 Å². The van der Waals surface area contributed by atoms with Crippen LogP contribution in [0.2, 0.25) is 0 Å². The van der Waals surface area contributed by atoms with Gasteiger partial charge in [-0.15, -0.1) is 24.2 Å². The molecule has 1 aromatic rings. The number of hydrogen-bond acceptors (Lipinski definition) is 2. The zero-order valence-electron chi connectivity index (χ0n) is 8.23. The highest BCUT2D eigenvalue weighted by Gasteiger charge is 2.11. The van der Waals surface area contributed by atoms with E-state index in [2.05, 4.69) is 0 Å². The van der Waals surface area contributed by atoms with Crippen LogP contribution >= 0.6 is 24.2 Å². The number of aryl methyl sites for hydroxylation is 1. The fourth-order valence-electron chi connectivity index (χ4n) is 1.63. The van der Waals surface area contributed by atoms with E-state index in [1.807, 2.05) is 6.07 Å². The molecule has 0 atom stereocenters. The third-order valence-corrected chi connectivity index (χ3v) is 3.60. The van der Waals surface area contributed by atoms with Crippen molar-refractivity contribution in [2.75, 3.05) is 5.75 Å². The average molecular weight is 245 g/mol. The number of aromatic carboxylic acids is 1. The summed E-state index contributed by atoms with van der Waals surface area (Å²) in [4.78, 5) is 11.9. The number of hydrogen-bond donors (Lipinski definition) is 1. The van der Waals surface area contributed by atoms with Crippen LogP contribution in [0.1, 0.15) is 28.8 Å². The van der Waals surface area contributed by atoms with E-state index >= 15 is 0 Å². The van der Waals surface area contributed by atoms with E-state index < -0.39 is 5.97 Å². The van der Waals surface area contributed by atoms with Crippen molar-refractivity contribution in [3.8, 4) is 0 Å². The lowest BCUT2D eigenvalue weighted by Crippen LogP contribution is -1.97.